The topological polar surface area (TPSA) is 173 Å². The van der Waals surface area contributed by atoms with Gasteiger partial charge in [0, 0.05) is 41.5 Å². The predicted molar refractivity (Wildman–Crippen MR) is 216 cm³/mol. The Morgan fingerprint density at radius 1 is 0.911 bits per heavy atom. The molecular formula is C42H54N6O7Si. The van der Waals surface area contributed by atoms with E-state index < -0.39 is 31.5 Å². The fraction of sp³-hybridized carbons (Fsp3) is 0.476. The number of ether oxygens (including phenoxy) is 1. The number of nitrogens with zero attached hydrogens (tertiary/aromatic N) is 2. The van der Waals surface area contributed by atoms with Crippen molar-refractivity contribution in [1.82, 2.24) is 15.5 Å². The van der Waals surface area contributed by atoms with E-state index in [1.54, 1.807) is 15.9 Å². The lowest BCUT2D eigenvalue weighted by Crippen LogP contribution is -2.46. The van der Waals surface area contributed by atoms with Crippen LogP contribution in [-0.4, -0.2) is 91.2 Å². The first-order valence-corrected chi connectivity index (χ1v) is 22.9. The van der Waals surface area contributed by atoms with Crippen molar-refractivity contribution in [3.05, 3.63) is 89.5 Å². The molecule has 3 aromatic carbocycles. The van der Waals surface area contributed by atoms with Crippen LogP contribution in [0.25, 0.3) is 0 Å². The molecule has 0 bridgehead atoms. The number of anilines is 3. The van der Waals surface area contributed by atoms with Gasteiger partial charge in [-0.25, -0.2) is 0 Å². The summed E-state index contributed by atoms with van der Waals surface area (Å²) in [6.07, 6.45) is 2.46. The minimum atomic E-state index is -3.12. The number of fused-ring (bicyclic) bond motifs is 2. The van der Waals surface area contributed by atoms with Crippen LogP contribution in [0.1, 0.15) is 55.7 Å². The van der Waals surface area contributed by atoms with Gasteiger partial charge in [0.1, 0.15) is 0 Å². The van der Waals surface area contributed by atoms with E-state index >= 15 is 4.79 Å². The van der Waals surface area contributed by atoms with E-state index in [1.165, 1.54) is 0 Å². The largest absolute Gasteiger partial charge is 0.432 e. The Labute approximate surface area is 329 Å². The molecule has 0 aliphatic carbocycles. The Morgan fingerprint density at radius 3 is 2.16 bits per heavy atom. The van der Waals surface area contributed by atoms with E-state index in [0.29, 0.717) is 29.2 Å². The molecule has 0 radical (unpaired) electrons. The normalized spacial score (nSPS) is 25.8. The summed E-state index contributed by atoms with van der Waals surface area (Å²) in [7, 11) is -3.12. The average molecular weight is 783 g/mol. The molecule has 4 aliphatic heterocycles. The molecule has 4 amide bonds. The maximum atomic E-state index is 15.2. The molecule has 0 saturated carbocycles. The minimum Gasteiger partial charge on any atom is -0.432 e. The van der Waals surface area contributed by atoms with Gasteiger partial charge in [0.15, 0.2) is 13.9 Å². The highest BCUT2D eigenvalue weighted by Gasteiger charge is 2.66. The lowest BCUT2D eigenvalue weighted by molar-refractivity contribution is -0.150. The number of carbonyl (C=O) groups excluding carboxylic acids is 4. The second-order valence-corrected chi connectivity index (χ2v) is 20.2. The summed E-state index contributed by atoms with van der Waals surface area (Å²) in [5, 5.41) is 22.4. The van der Waals surface area contributed by atoms with E-state index in [-0.39, 0.29) is 61.8 Å². The fourth-order valence-electron chi connectivity index (χ4n) is 9.24. The van der Waals surface area contributed by atoms with E-state index in [2.05, 4.69) is 21.3 Å². The van der Waals surface area contributed by atoms with Crippen LogP contribution in [0.2, 0.25) is 18.6 Å². The number of benzene rings is 3. The van der Waals surface area contributed by atoms with Gasteiger partial charge in [-0.1, -0.05) is 49.4 Å². The van der Waals surface area contributed by atoms with Gasteiger partial charge in [-0.15, -0.1) is 0 Å². The van der Waals surface area contributed by atoms with Crippen LogP contribution in [0.3, 0.4) is 0 Å². The molecule has 3 aromatic rings. The van der Waals surface area contributed by atoms with Crippen LogP contribution in [0.5, 0.6) is 0 Å². The predicted octanol–water partition coefficient (Wildman–Crippen LogP) is 3.82. The van der Waals surface area contributed by atoms with Crippen LogP contribution in [-0.2, 0) is 42.6 Å². The number of carbonyl (C=O) groups is 4. The number of amides is 4. The van der Waals surface area contributed by atoms with E-state index in [1.807, 2.05) is 86.7 Å². The Balaban J connectivity index is 1.22. The molecular weight excluding hydrogens is 729 g/mol. The van der Waals surface area contributed by atoms with Gasteiger partial charge >= 0.3 is 0 Å². The maximum absolute atomic E-state index is 15.2. The van der Waals surface area contributed by atoms with Crippen molar-refractivity contribution >= 4 is 49.0 Å². The van der Waals surface area contributed by atoms with Gasteiger partial charge in [0.05, 0.1) is 43.4 Å². The Morgan fingerprint density at radius 2 is 1.55 bits per heavy atom. The molecule has 13 nitrogen and oxygen atoms in total. The zero-order valence-electron chi connectivity index (χ0n) is 32.4. The molecule has 6 atom stereocenters. The summed E-state index contributed by atoms with van der Waals surface area (Å²) in [6.45, 7) is 7.49. The fourth-order valence-corrected chi connectivity index (χ4v) is 11.8. The molecule has 0 aromatic heterocycles. The second-order valence-electron chi connectivity index (χ2n) is 16.2. The van der Waals surface area contributed by atoms with Crippen molar-refractivity contribution in [1.29, 1.82) is 0 Å². The number of hydrogen-bond donors (Lipinski definition) is 6. The van der Waals surface area contributed by atoms with Crippen LogP contribution in [0.4, 0.5) is 17.1 Å². The highest BCUT2D eigenvalue weighted by atomic mass is 28.4. The molecule has 56 heavy (non-hydrogen) atoms. The van der Waals surface area contributed by atoms with Crippen LogP contribution in [0, 0.1) is 5.92 Å². The molecule has 1 spiro atoms. The quantitative estimate of drug-likeness (QED) is 0.141. The molecule has 3 fully saturated rings. The molecule has 4 heterocycles. The lowest BCUT2D eigenvalue weighted by Gasteiger charge is -2.32. The van der Waals surface area contributed by atoms with Crippen molar-refractivity contribution in [2.24, 2.45) is 5.92 Å². The second kappa shape index (κ2) is 16.6. The Kier molecular flexibility index (Phi) is 11.8. The molecule has 14 heteroatoms. The van der Waals surface area contributed by atoms with Crippen LogP contribution >= 0.6 is 0 Å². The van der Waals surface area contributed by atoms with Gasteiger partial charge in [0.2, 0.25) is 17.7 Å². The molecule has 298 valence electrons. The average Bonchev–Trinajstić information content (AvgIpc) is 3.98. The molecule has 0 unspecified atom stereocenters. The standard InChI is InChI=1S/C42H54N6O7Si/c1-27-38(56(2,3)54)36(24-37(50)47(20-21-49)25-28-10-5-4-6-11-28)55-42(27)32-23-31(46-40(52)34-15-9-19-44-34)16-17-35(32)48(41(42)53)26-29-12-7-13-30(22-29)45-39(51)33-14-8-18-43-33/h4-7,10-13,16-17,22-23,27,33-34,36,38,43-44,49,54H,8-9,14-15,18-21,24-26H2,1-3H3,(H,45,51)(H,46,52)/t27-,33+,34+,36+,38-,42+/m0/s1. The number of aliphatic hydroxyl groups is 1. The van der Waals surface area contributed by atoms with Gasteiger partial charge in [-0.05, 0) is 93.3 Å². The van der Waals surface area contributed by atoms with E-state index in [4.69, 9.17) is 4.74 Å². The molecule has 6 N–H and O–H groups in total. The highest BCUT2D eigenvalue weighted by molar-refractivity contribution is 6.71. The number of rotatable bonds is 13. The van der Waals surface area contributed by atoms with Crippen molar-refractivity contribution in [3.8, 4) is 0 Å². The number of hydrogen-bond acceptors (Lipinski definition) is 9. The SMILES string of the molecule is C[C@H]1[C@H]([Si](C)(C)O)[C@@H](CC(=O)N(CCO)Cc2ccccc2)O[C@]12C(=O)N(Cc1cccc(NC(=O)[C@H]3CCCN3)c1)c1ccc(NC(=O)[C@H]3CCCN3)cc12. The first kappa shape index (κ1) is 39.8. The van der Waals surface area contributed by atoms with E-state index in [9.17, 15) is 24.3 Å². The molecule has 3 saturated heterocycles. The first-order valence-electron chi connectivity index (χ1n) is 19.9. The summed E-state index contributed by atoms with van der Waals surface area (Å²) in [6, 6.07) is 21.8. The number of nitrogens with one attached hydrogen (secondary N) is 4. The summed E-state index contributed by atoms with van der Waals surface area (Å²) in [5.41, 5.74) is 1.94. The van der Waals surface area contributed by atoms with Gasteiger partial charge in [-0.2, -0.15) is 0 Å². The van der Waals surface area contributed by atoms with Gasteiger partial charge in [0.25, 0.3) is 5.91 Å². The monoisotopic (exact) mass is 782 g/mol. The van der Waals surface area contributed by atoms with Crippen LogP contribution < -0.4 is 26.2 Å². The van der Waals surface area contributed by atoms with E-state index in [0.717, 1.165) is 49.9 Å². The summed E-state index contributed by atoms with van der Waals surface area (Å²) < 4.78 is 6.99. The minimum absolute atomic E-state index is 0.0927. The molecule has 7 rings (SSSR count). The third-order valence-electron chi connectivity index (χ3n) is 11.9. The zero-order valence-corrected chi connectivity index (χ0v) is 33.4. The van der Waals surface area contributed by atoms with Crippen molar-refractivity contribution in [2.75, 3.05) is 41.8 Å². The summed E-state index contributed by atoms with van der Waals surface area (Å²) in [5.74, 6) is -1.37. The smallest absolute Gasteiger partial charge is 0.264 e. The Hall–Kier alpha value is -4.44. The van der Waals surface area contributed by atoms with Crippen molar-refractivity contribution in [3.63, 3.8) is 0 Å². The zero-order chi connectivity index (χ0) is 39.6. The third kappa shape index (κ3) is 8.04. The van der Waals surface area contributed by atoms with Crippen LogP contribution in [0.15, 0.2) is 72.8 Å². The van der Waals surface area contributed by atoms with Gasteiger partial charge in [-0.3, -0.25) is 19.2 Å². The maximum Gasteiger partial charge on any atom is 0.264 e. The van der Waals surface area contributed by atoms with Gasteiger partial charge < -0.3 is 45.7 Å². The summed E-state index contributed by atoms with van der Waals surface area (Å²) in [4.78, 5) is 70.6. The van der Waals surface area contributed by atoms with Crippen molar-refractivity contribution in [2.45, 2.75) is 94.5 Å². The Bertz CT molecular complexity index is 1930. The first-order chi connectivity index (χ1) is 26.9. The molecule has 4 aliphatic rings. The van der Waals surface area contributed by atoms with Crippen molar-refractivity contribution < 1.29 is 33.8 Å². The highest BCUT2D eigenvalue weighted by Crippen LogP contribution is 2.60. The third-order valence-corrected chi connectivity index (χ3v) is 14.4. The summed E-state index contributed by atoms with van der Waals surface area (Å²) >= 11 is 0. The number of aliphatic hydroxyl groups excluding tert-OH is 1. The lowest BCUT2D eigenvalue weighted by atomic mass is 9.82.